The predicted molar refractivity (Wildman–Crippen MR) is 89.5 cm³/mol. The highest BCUT2D eigenvalue weighted by Crippen LogP contribution is 2.40. The highest BCUT2D eigenvalue weighted by Gasteiger charge is 2.23. The van der Waals surface area contributed by atoms with Crippen molar-refractivity contribution in [3.8, 4) is 6.07 Å². The molecule has 0 aromatic carbocycles. The normalized spacial score (nSPS) is 18.1. The minimum atomic E-state index is 0.720. The van der Waals surface area contributed by atoms with Crippen LogP contribution in [0.15, 0.2) is 20.9 Å². The molecule has 0 radical (unpaired) electrons. The fourth-order valence-electron chi connectivity index (χ4n) is 2.46. The first-order valence-electron chi connectivity index (χ1n) is 6.51. The lowest BCUT2D eigenvalue weighted by Gasteiger charge is -2.17. The topological polar surface area (TPSA) is 36.1 Å². The van der Waals surface area contributed by atoms with Gasteiger partial charge in [0.15, 0.2) is 0 Å². The fourth-order valence-corrected chi connectivity index (χ4v) is 5.06. The van der Waals surface area contributed by atoms with Crippen LogP contribution in [0.25, 0.3) is 0 Å². The number of nitrogens with zero attached hydrogens (tertiary/aromatic N) is 2. The van der Waals surface area contributed by atoms with E-state index in [1.165, 1.54) is 16.9 Å². The highest BCUT2D eigenvalue weighted by molar-refractivity contribution is 9.11. The quantitative estimate of drug-likeness (QED) is 0.664. The van der Waals surface area contributed by atoms with Gasteiger partial charge in [0.05, 0.1) is 9.35 Å². The van der Waals surface area contributed by atoms with Gasteiger partial charge in [0.1, 0.15) is 11.1 Å². The van der Waals surface area contributed by atoms with Crippen molar-refractivity contribution in [3.05, 3.63) is 36.8 Å². The molecule has 20 heavy (non-hydrogen) atoms. The van der Waals surface area contributed by atoms with Gasteiger partial charge in [-0.25, -0.2) is 4.99 Å². The molecule has 2 aromatic rings. The number of hydrogen-bond acceptors (Lipinski definition) is 4. The van der Waals surface area contributed by atoms with Gasteiger partial charge in [-0.3, -0.25) is 0 Å². The molecule has 1 aliphatic rings. The van der Waals surface area contributed by atoms with Crippen molar-refractivity contribution in [2.24, 2.45) is 10.9 Å². The third kappa shape index (κ3) is 2.73. The third-order valence-electron chi connectivity index (χ3n) is 3.51. The third-order valence-corrected chi connectivity index (χ3v) is 6.23. The summed E-state index contributed by atoms with van der Waals surface area (Å²) in [6.45, 7) is 2.28. The Kier molecular flexibility index (Phi) is 4.06. The van der Waals surface area contributed by atoms with Gasteiger partial charge < -0.3 is 0 Å². The van der Waals surface area contributed by atoms with E-state index in [0.717, 1.165) is 38.0 Å². The molecule has 0 aliphatic heterocycles. The van der Waals surface area contributed by atoms with E-state index >= 15 is 0 Å². The summed E-state index contributed by atoms with van der Waals surface area (Å²) in [5.74, 6) is 0.720. The molecular weight excluding hydrogens is 352 g/mol. The largest absolute Gasteiger partial charge is 0.243 e. The molecule has 1 unspecified atom stereocenters. The van der Waals surface area contributed by atoms with Gasteiger partial charge in [-0.2, -0.15) is 5.26 Å². The molecule has 2 aromatic heterocycles. The molecule has 5 heteroatoms. The molecule has 0 N–H and O–H groups in total. The molecule has 2 nitrogen and oxygen atoms in total. The van der Waals surface area contributed by atoms with E-state index in [2.05, 4.69) is 33.9 Å². The second kappa shape index (κ2) is 5.80. The van der Waals surface area contributed by atoms with Crippen molar-refractivity contribution in [2.75, 3.05) is 0 Å². The Bertz CT molecular complexity index is 706. The zero-order valence-electron chi connectivity index (χ0n) is 11.0. The SMILES string of the molecule is CC1CCc2c(sc(/N=C/c3ccc(Br)s3)c2C#N)C1. The van der Waals surface area contributed by atoms with Crippen molar-refractivity contribution in [2.45, 2.75) is 26.2 Å². The maximum absolute atomic E-state index is 9.41. The smallest absolute Gasteiger partial charge is 0.134 e. The van der Waals surface area contributed by atoms with Crippen molar-refractivity contribution < 1.29 is 0 Å². The lowest BCUT2D eigenvalue weighted by Crippen LogP contribution is -2.09. The second-order valence-corrected chi connectivity index (χ2v) is 8.62. The molecule has 102 valence electrons. The van der Waals surface area contributed by atoms with Crippen LogP contribution in [0, 0.1) is 17.2 Å². The molecule has 0 fully saturated rings. The van der Waals surface area contributed by atoms with Crippen LogP contribution in [0.1, 0.15) is 34.2 Å². The van der Waals surface area contributed by atoms with Crippen LogP contribution in [0.3, 0.4) is 0 Å². The van der Waals surface area contributed by atoms with Crippen molar-refractivity contribution in [1.82, 2.24) is 0 Å². The molecule has 0 amide bonds. The number of nitriles is 1. The molecular formula is C15H13BrN2S2. The van der Waals surface area contributed by atoms with E-state index in [1.54, 1.807) is 22.7 Å². The molecule has 3 rings (SSSR count). The number of aliphatic imine (C=N–C) groups is 1. The number of fused-ring (bicyclic) bond motifs is 1. The van der Waals surface area contributed by atoms with Crippen molar-refractivity contribution >= 4 is 49.8 Å². The highest BCUT2D eigenvalue weighted by atomic mass is 79.9. The molecule has 2 heterocycles. The van der Waals surface area contributed by atoms with Gasteiger partial charge in [0.2, 0.25) is 0 Å². The number of halogens is 1. The summed E-state index contributed by atoms with van der Waals surface area (Å²) < 4.78 is 1.10. The molecule has 1 atom stereocenters. The van der Waals surface area contributed by atoms with E-state index in [0.29, 0.717) is 0 Å². The van der Waals surface area contributed by atoms with Gasteiger partial charge in [0.25, 0.3) is 0 Å². The summed E-state index contributed by atoms with van der Waals surface area (Å²) in [5, 5.41) is 10.3. The van der Waals surface area contributed by atoms with Crippen LogP contribution in [-0.2, 0) is 12.8 Å². The zero-order valence-corrected chi connectivity index (χ0v) is 14.2. The summed E-state index contributed by atoms with van der Waals surface area (Å²) in [6.07, 6.45) is 5.15. The number of hydrogen-bond donors (Lipinski definition) is 0. The lowest BCUT2D eigenvalue weighted by atomic mass is 9.89. The minimum Gasteiger partial charge on any atom is -0.243 e. The molecule has 0 bridgehead atoms. The Hall–Kier alpha value is -0.960. The average Bonchev–Trinajstić information content (AvgIpc) is 2.98. The lowest BCUT2D eigenvalue weighted by molar-refractivity contribution is 0.507. The van der Waals surface area contributed by atoms with E-state index in [9.17, 15) is 5.26 Å². The first-order valence-corrected chi connectivity index (χ1v) is 8.94. The van der Waals surface area contributed by atoms with Crippen LogP contribution >= 0.6 is 38.6 Å². The minimum absolute atomic E-state index is 0.720. The number of rotatable bonds is 2. The van der Waals surface area contributed by atoms with Crippen molar-refractivity contribution in [3.63, 3.8) is 0 Å². The molecule has 0 saturated heterocycles. The van der Waals surface area contributed by atoms with Crippen LogP contribution < -0.4 is 0 Å². The van der Waals surface area contributed by atoms with Gasteiger partial charge >= 0.3 is 0 Å². The average molecular weight is 365 g/mol. The molecule has 0 saturated carbocycles. The Morgan fingerprint density at radius 2 is 2.30 bits per heavy atom. The fraction of sp³-hybridized carbons (Fsp3) is 0.333. The first kappa shape index (κ1) is 14.0. The standard InChI is InChI=1S/C15H13BrN2S2/c1-9-2-4-11-12(7-17)15(20-13(11)6-9)18-8-10-3-5-14(16)19-10/h3,5,8-9H,2,4,6H2,1H3/b18-8+. The summed E-state index contributed by atoms with van der Waals surface area (Å²) in [7, 11) is 0. The predicted octanol–water partition coefficient (Wildman–Crippen LogP) is 5.32. The zero-order chi connectivity index (χ0) is 14.1. The van der Waals surface area contributed by atoms with E-state index in [4.69, 9.17) is 0 Å². The maximum atomic E-state index is 9.41. The van der Waals surface area contributed by atoms with Crippen LogP contribution in [-0.4, -0.2) is 6.21 Å². The molecule has 0 spiro atoms. The second-order valence-electron chi connectivity index (χ2n) is 5.04. The van der Waals surface area contributed by atoms with Crippen molar-refractivity contribution in [1.29, 1.82) is 5.26 Å². The Balaban J connectivity index is 1.94. The summed E-state index contributed by atoms with van der Waals surface area (Å²) in [5.41, 5.74) is 2.04. The maximum Gasteiger partial charge on any atom is 0.134 e. The van der Waals surface area contributed by atoms with E-state index < -0.39 is 0 Å². The monoisotopic (exact) mass is 364 g/mol. The van der Waals surface area contributed by atoms with Gasteiger partial charge in [-0.15, -0.1) is 22.7 Å². The summed E-state index contributed by atoms with van der Waals surface area (Å²) in [6, 6.07) is 6.39. The van der Waals surface area contributed by atoms with Crippen LogP contribution in [0.4, 0.5) is 5.00 Å². The summed E-state index contributed by atoms with van der Waals surface area (Å²) in [4.78, 5) is 7.01. The van der Waals surface area contributed by atoms with Crippen LogP contribution in [0.2, 0.25) is 0 Å². The Labute approximate surface area is 134 Å². The van der Waals surface area contributed by atoms with Gasteiger partial charge in [0, 0.05) is 16.0 Å². The molecule has 1 aliphatic carbocycles. The Morgan fingerprint density at radius 1 is 1.45 bits per heavy atom. The van der Waals surface area contributed by atoms with Gasteiger partial charge in [-0.05, 0) is 58.8 Å². The number of thiophene rings is 2. The first-order chi connectivity index (χ1) is 9.67. The van der Waals surface area contributed by atoms with E-state index in [-0.39, 0.29) is 0 Å². The van der Waals surface area contributed by atoms with E-state index in [1.807, 2.05) is 18.3 Å². The Morgan fingerprint density at radius 3 is 3.00 bits per heavy atom. The van der Waals surface area contributed by atoms with Gasteiger partial charge in [-0.1, -0.05) is 6.92 Å². The summed E-state index contributed by atoms with van der Waals surface area (Å²) >= 11 is 6.78. The van der Waals surface area contributed by atoms with Crippen LogP contribution in [0.5, 0.6) is 0 Å².